The molecule has 0 atom stereocenters. The largest absolute Gasteiger partial charge is 0.316 e. The lowest BCUT2D eigenvalue weighted by Gasteiger charge is -2.05. The molecule has 1 aromatic carbocycles. The van der Waals surface area contributed by atoms with Crippen LogP contribution in [0.1, 0.15) is 32.3 Å². The second-order valence-corrected chi connectivity index (χ2v) is 5.21. The highest BCUT2D eigenvalue weighted by Crippen LogP contribution is 2.19. The van der Waals surface area contributed by atoms with E-state index in [1.807, 2.05) is 0 Å². The van der Waals surface area contributed by atoms with Crippen molar-refractivity contribution in [2.45, 2.75) is 33.1 Å². The molecule has 17 heavy (non-hydrogen) atoms. The molecule has 0 aliphatic rings. The first-order valence-corrected chi connectivity index (χ1v) is 7.13. The summed E-state index contributed by atoms with van der Waals surface area (Å²) < 4.78 is 1.21. The summed E-state index contributed by atoms with van der Waals surface area (Å²) in [5.41, 5.74) is 2.80. The van der Waals surface area contributed by atoms with Gasteiger partial charge in [-0.3, -0.25) is 0 Å². The van der Waals surface area contributed by atoms with Crippen molar-refractivity contribution in [2.75, 3.05) is 13.1 Å². The lowest BCUT2D eigenvalue weighted by molar-refractivity contribution is 0.677. The molecule has 1 nitrogen and oxygen atoms in total. The summed E-state index contributed by atoms with van der Waals surface area (Å²) in [6.45, 7) is 6.61. The number of allylic oxidation sites excluding steroid dienone is 1. The number of nitrogens with one attached hydrogen (secondary N) is 1. The standard InChI is InChI=1S/C15H22BrN/c1-3-10-17-11-6-7-13(2)12-14-8-4-5-9-15(14)16/h4-5,7-9,17H,3,6,10-12H2,1-2H3. The molecule has 0 heterocycles. The van der Waals surface area contributed by atoms with Gasteiger partial charge in [0.1, 0.15) is 0 Å². The van der Waals surface area contributed by atoms with E-state index in [0.29, 0.717) is 0 Å². The summed E-state index contributed by atoms with van der Waals surface area (Å²) in [6.07, 6.45) is 5.70. The second-order valence-electron chi connectivity index (χ2n) is 4.36. The minimum absolute atomic E-state index is 1.04. The Morgan fingerprint density at radius 2 is 2.06 bits per heavy atom. The molecule has 2 heteroatoms. The summed E-state index contributed by atoms with van der Waals surface area (Å²) in [4.78, 5) is 0. The van der Waals surface area contributed by atoms with Gasteiger partial charge in [0.25, 0.3) is 0 Å². The molecule has 0 aliphatic heterocycles. The molecule has 0 unspecified atom stereocenters. The summed E-state index contributed by atoms with van der Waals surface area (Å²) >= 11 is 3.59. The summed E-state index contributed by atoms with van der Waals surface area (Å²) in [7, 11) is 0. The predicted octanol–water partition coefficient (Wildman–Crippen LogP) is 4.33. The summed E-state index contributed by atoms with van der Waals surface area (Å²) in [6, 6.07) is 8.43. The van der Waals surface area contributed by atoms with Crippen LogP contribution in [-0.2, 0) is 6.42 Å². The van der Waals surface area contributed by atoms with Gasteiger partial charge >= 0.3 is 0 Å². The van der Waals surface area contributed by atoms with Gasteiger partial charge in [-0.15, -0.1) is 0 Å². The van der Waals surface area contributed by atoms with Crippen LogP contribution in [0.4, 0.5) is 0 Å². The highest BCUT2D eigenvalue weighted by Gasteiger charge is 1.98. The third-order valence-corrected chi connectivity index (χ3v) is 3.44. The summed E-state index contributed by atoms with van der Waals surface area (Å²) in [5.74, 6) is 0. The van der Waals surface area contributed by atoms with Crippen molar-refractivity contribution >= 4 is 15.9 Å². The molecule has 1 N–H and O–H groups in total. The zero-order valence-electron chi connectivity index (χ0n) is 10.8. The van der Waals surface area contributed by atoms with E-state index in [0.717, 1.165) is 25.9 Å². The van der Waals surface area contributed by atoms with E-state index < -0.39 is 0 Å². The highest BCUT2D eigenvalue weighted by molar-refractivity contribution is 9.10. The molecule has 0 fully saturated rings. The maximum Gasteiger partial charge on any atom is 0.0210 e. The van der Waals surface area contributed by atoms with Crippen LogP contribution in [0, 0.1) is 0 Å². The van der Waals surface area contributed by atoms with E-state index in [1.54, 1.807) is 0 Å². The smallest absolute Gasteiger partial charge is 0.0210 e. The fourth-order valence-electron chi connectivity index (χ4n) is 1.74. The van der Waals surface area contributed by atoms with E-state index in [9.17, 15) is 0 Å². The minimum atomic E-state index is 1.04. The molecule has 94 valence electrons. The van der Waals surface area contributed by atoms with Gasteiger partial charge in [0.15, 0.2) is 0 Å². The molecule has 0 saturated heterocycles. The van der Waals surface area contributed by atoms with Crippen molar-refractivity contribution in [1.29, 1.82) is 0 Å². The van der Waals surface area contributed by atoms with E-state index in [-0.39, 0.29) is 0 Å². The Morgan fingerprint density at radius 3 is 2.76 bits per heavy atom. The van der Waals surface area contributed by atoms with Crippen molar-refractivity contribution in [1.82, 2.24) is 5.32 Å². The first kappa shape index (κ1) is 14.5. The molecule has 0 bridgehead atoms. The van der Waals surface area contributed by atoms with Crippen LogP contribution in [0.2, 0.25) is 0 Å². The number of rotatable bonds is 7. The molecule has 0 saturated carbocycles. The van der Waals surface area contributed by atoms with Gasteiger partial charge in [0, 0.05) is 4.47 Å². The Labute approximate surface area is 113 Å². The average Bonchev–Trinajstić information content (AvgIpc) is 2.32. The topological polar surface area (TPSA) is 12.0 Å². The Kier molecular flexibility index (Phi) is 7.22. The van der Waals surface area contributed by atoms with Gasteiger partial charge in [-0.25, -0.2) is 0 Å². The normalized spacial score (nSPS) is 11.8. The third kappa shape index (κ3) is 6.04. The van der Waals surface area contributed by atoms with Gasteiger partial charge in [0.2, 0.25) is 0 Å². The van der Waals surface area contributed by atoms with Crippen molar-refractivity contribution in [2.24, 2.45) is 0 Å². The van der Waals surface area contributed by atoms with E-state index in [2.05, 4.69) is 65.4 Å². The number of benzene rings is 1. The number of hydrogen-bond donors (Lipinski definition) is 1. The van der Waals surface area contributed by atoms with E-state index in [4.69, 9.17) is 0 Å². The van der Waals surface area contributed by atoms with Crippen molar-refractivity contribution in [3.05, 3.63) is 46.0 Å². The van der Waals surface area contributed by atoms with Crippen LogP contribution in [0.15, 0.2) is 40.4 Å². The molecule has 0 radical (unpaired) electrons. The van der Waals surface area contributed by atoms with Crippen LogP contribution in [0.3, 0.4) is 0 Å². The zero-order valence-corrected chi connectivity index (χ0v) is 12.4. The zero-order chi connectivity index (χ0) is 12.5. The molecular formula is C15H22BrN. The predicted molar refractivity (Wildman–Crippen MR) is 79.4 cm³/mol. The van der Waals surface area contributed by atoms with Crippen molar-refractivity contribution < 1.29 is 0 Å². The number of halogens is 1. The van der Waals surface area contributed by atoms with Crippen LogP contribution in [0.5, 0.6) is 0 Å². The third-order valence-electron chi connectivity index (χ3n) is 2.67. The van der Waals surface area contributed by atoms with Crippen molar-refractivity contribution in [3.63, 3.8) is 0 Å². The van der Waals surface area contributed by atoms with Crippen LogP contribution in [-0.4, -0.2) is 13.1 Å². The molecule has 1 rings (SSSR count). The van der Waals surface area contributed by atoms with E-state index >= 15 is 0 Å². The Balaban J connectivity index is 2.36. The molecule has 0 aromatic heterocycles. The first-order valence-electron chi connectivity index (χ1n) is 6.33. The Morgan fingerprint density at radius 1 is 1.29 bits per heavy atom. The van der Waals surface area contributed by atoms with E-state index in [1.165, 1.54) is 22.0 Å². The van der Waals surface area contributed by atoms with Crippen LogP contribution < -0.4 is 5.32 Å². The minimum Gasteiger partial charge on any atom is -0.316 e. The van der Waals surface area contributed by atoms with Crippen LogP contribution in [0.25, 0.3) is 0 Å². The molecule has 0 spiro atoms. The van der Waals surface area contributed by atoms with Crippen molar-refractivity contribution in [3.8, 4) is 0 Å². The fraction of sp³-hybridized carbons (Fsp3) is 0.467. The Hall–Kier alpha value is -0.600. The first-order chi connectivity index (χ1) is 8.24. The Bertz CT molecular complexity index is 358. The summed E-state index contributed by atoms with van der Waals surface area (Å²) in [5, 5.41) is 3.41. The monoisotopic (exact) mass is 295 g/mol. The van der Waals surface area contributed by atoms with Gasteiger partial charge in [0.05, 0.1) is 0 Å². The maximum absolute atomic E-state index is 3.59. The molecule has 0 amide bonds. The van der Waals surface area contributed by atoms with Gasteiger partial charge in [-0.05, 0) is 50.9 Å². The second kappa shape index (κ2) is 8.48. The average molecular weight is 296 g/mol. The molecule has 0 aliphatic carbocycles. The van der Waals surface area contributed by atoms with Gasteiger partial charge in [-0.2, -0.15) is 0 Å². The molecular weight excluding hydrogens is 274 g/mol. The van der Waals surface area contributed by atoms with Crippen LogP contribution >= 0.6 is 15.9 Å². The molecule has 1 aromatic rings. The van der Waals surface area contributed by atoms with Gasteiger partial charge in [-0.1, -0.05) is 52.7 Å². The maximum atomic E-state index is 3.59. The quantitative estimate of drug-likeness (QED) is 0.583. The lowest BCUT2D eigenvalue weighted by atomic mass is 10.1. The van der Waals surface area contributed by atoms with Gasteiger partial charge < -0.3 is 5.32 Å². The highest BCUT2D eigenvalue weighted by atomic mass is 79.9. The fourth-order valence-corrected chi connectivity index (χ4v) is 2.16. The number of hydrogen-bond acceptors (Lipinski definition) is 1. The lowest BCUT2D eigenvalue weighted by Crippen LogP contribution is -2.15. The SMILES string of the molecule is CCCNCCC=C(C)Cc1ccccc1Br.